The minimum Gasteiger partial charge on any atom is -0.497 e. The van der Waals surface area contributed by atoms with Gasteiger partial charge < -0.3 is 14.4 Å². The Morgan fingerprint density at radius 1 is 1.04 bits per heavy atom. The summed E-state index contributed by atoms with van der Waals surface area (Å²) in [4.78, 5) is 25.1. The number of nitrogens with zero attached hydrogens (tertiary/aromatic N) is 1. The quantitative estimate of drug-likeness (QED) is 0.734. The number of Topliss-reactive ketones (excluding diaryl/α,β-unsaturated/α-hetero) is 1. The van der Waals surface area contributed by atoms with E-state index in [-0.39, 0.29) is 18.3 Å². The Bertz CT molecular complexity index is 710. The fourth-order valence-corrected chi connectivity index (χ4v) is 2.15. The minimum atomic E-state index is -0.140. The molecular weight excluding hydrogens is 306 g/mol. The molecule has 0 saturated carbocycles. The fraction of sp³-hybridized carbons (Fsp3) is 0.263. The van der Waals surface area contributed by atoms with Crippen LogP contribution in [0, 0.1) is 0 Å². The van der Waals surface area contributed by atoms with Crippen LogP contribution in [0.25, 0.3) is 0 Å². The van der Waals surface area contributed by atoms with Crippen LogP contribution in [0.15, 0.2) is 48.5 Å². The van der Waals surface area contributed by atoms with E-state index in [4.69, 9.17) is 9.47 Å². The normalized spacial score (nSPS) is 10.1. The van der Waals surface area contributed by atoms with E-state index in [9.17, 15) is 9.59 Å². The van der Waals surface area contributed by atoms with Crippen LogP contribution in [-0.4, -0.2) is 37.4 Å². The first-order valence-electron chi connectivity index (χ1n) is 7.60. The van der Waals surface area contributed by atoms with Crippen molar-refractivity contribution in [3.8, 4) is 11.5 Å². The maximum Gasteiger partial charge on any atom is 0.260 e. The smallest absolute Gasteiger partial charge is 0.260 e. The summed E-state index contributed by atoms with van der Waals surface area (Å²) in [5.74, 6) is 1.11. The molecule has 24 heavy (non-hydrogen) atoms. The van der Waals surface area contributed by atoms with Crippen LogP contribution in [-0.2, 0) is 11.3 Å². The van der Waals surface area contributed by atoms with E-state index >= 15 is 0 Å². The number of carbonyl (C=O) groups is 2. The van der Waals surface area contributed by atoms with E-state index in [0.717, 1.165) is 11.3 Å². The van der Waals surface area contributed by atoms with Gasteiger partial charge >= 0.3 is 0 Å². The molecule has 0 saturated heterocycles. The standard InChI is InChI=1S/C19H21NO4/c1-14(21)16-5-4-6-18(11-16)24-13-19(22)20(2)12-15-7-9-17(23-3)10-8-15/h4-11H,12-13H2,1-3H3. The summed E-state index contributed by atoms with van der Waals surface area (Å²) >= 11 is 0. The van der Waals surface area contributed by atoms with Gasteiger partial charge in [0.25, 0.3) is 5.91 Å². The minimum absolute atomic E-state index is 0.0385. The van der Waals surface area contributed by atoms with Gasteiger partial charge in [-0.1, -0.05) is 24.3 Å². The Morgan fingerprint density at radius 2 is 1.75 bits per heavy atom. The summed E-state index contributed by atoms with van der Waals surface area (Å²) in [6.45, 7) is 1.90. The fourth-order valence-electron chi connectivity index (χ4n) is 2.15. The Balaban J connectivity index is 1.89. The van der Waals surface area contributed by atoms with Gasteiger partial charge in [-0.15, -0.1) is 0 Å². The molecule has 2 aromatic rings. The molecule has 126 valence electrons. The molecule has 0 aromatic heterocycles. The Labute approximate surface area is 141 Å². The molecule has 0 unspecified atom stereocenters. The van der Waals surface area contributed by atoms with Gasteiger partial charge in [-0.05, 0) is 36.8 Å². The second kappa shape index (κ2) is 8.15. The molecule has 2 rings (SSSR count). The highest BCUT2D eigenvalue weighted by Gasteiger charge is 2.11. The van der Waals surface area contributed by atoms with Gasteiger partial charge in [-0.25, -0.2) is 0 Å². The van der Waals surface area contributed by atoms with Crippen LogP contribution in [0.1, 0.15) is 22.8 Å². The summed E-state index contributed by atoms with van der Waals surface area (Å²) in [5, 5.41) is 0. The van der Waals surface area contributed by atoms with Crippen molar-refractivity contribution in [2.75, 3.05) is 20.8 Å². The molecule has 0 aliphatic rings. The second-order valence-corrected chi connectivity index (χ2v) is 5.47. The number of methoxy groups -OCH3 is 1. The number of ketones is 1. The first-order valence-corrected chi connectivity index (χ1v) is 7.60. The first-order chi connectivity index (χ1) is 11.5. The van der Waals surface area contributed by atoms with Crippen molar-refractivity contribution >= 4 is 11.7 Å². The zero-order valence-electron chi connectivity index (χ0n) is 14.1. The molecule has 0 aliphatic carbocycles. The van der Waals surface area contributed by atoms with Crippen LogP contribution in [0.3, 0.4) is 0 Å². The van der Waals surface area contributed by atoms with Crippen LogP contribution in [0.4, 0.5) is 0 Å². The van der Waals surface area contributed by atoms with E-state index in [1.165, 1.54) is 6.92 Å². The maximum absolute atomic E-state index is 12.2. The zero-order valence-corrected chi connectivity index (χ0v) is 14.1. The van der Waals surface area contributed by atoms with Gasteiger partial charge in [0.2, 0.25) is 0 Å². The predicted molar refractivity (Wildman–Crippen MR) is 91.4 cm³/mol. The number of amides is 1. The summed E-state index contributed by atoms with van der Waals surface area (Å²) in [5.41, 5.74) is 1.57. The van der Waals surface area contributed by atoms with Gasteiger partial charge in [0, 0.05) is 19.2 Å². The number of likely N-dealkylation sites (N-methyl/N-ethyl adjacent to an activating group) is 1. The molecule has 1 amide bonds. The van der Waals surface area contributed by atoms with Crippen LogP contribution in [0.2, 0.25) is 0 Å². The largest absolute Gasteiger partial charge is 0.497 e. The Kier molecular flexibility index (Phi) is 5.95. The van der Waals surface area contributed by atoms with Gasteiger partial charge in [0.15, 0.2) is 12.4 Å². The number of hydrogen-bond acceptors (Lipinski definition) is 4. The highest BCUT2D eigenvalue weighted by molar-refractivity contribution is 5.94. The lowest BCUT2D eigenvalue weighted by Gasteiger charge is -2.18. The van der Waals surface area contributed by atoms with E-state index in [1.807, 2.05) is 24.3 Å². The zero-order chi connectivity index (χ0) is 17.5. The van der Waals surface area contributed by atoms with Crippen LogP contribution in [0.5, 0.6) is 11.5 Å². The van der Waals surface area contributed by atoms with E-state index in [1.54, 1.807) is 43.3 Å². The van der Waals surface area contributed by atoms with Crippen molar-refractivity contribution in [1.29, 1.82) is 0 Å². The molecule has 0 fully saturated rings. The van der Waals surface area contributed by atoms with E-state index in [0.29, 0.717) is 17.9 Å². The Morgan fingerprint density at radius 3 is 2.38 bits per heavy atom. The van der Waals surface area contributed by atoms with Crippen molar-refractivity contribution in [3.63, 3.8) is 0 Å². The molecule has 0 atom stereocenters. The third-order valence-electron chi connectivity index (χ3n) is 3.61. The number of benzene rings is 2. The van der Waals surface area contributed by atoms with Crippen molar-refractivity contribution in [3.05, 3.63) is 59.7 Å². The molecule has 0 radical (unpaired) electrons. The van der Waals surface area contributed by atoms with Crippen molar-refractivity contribution in [2.24, 2.45) is 0 Å². The van der Waals surface area contributed by atoms with Gasteiger partial charge in [0.05, 0.1) is 7.11 Å². The molecule has 5 heteroatoms. The van der Waals surface area contributed by atoms with Crippen molar-refractivity contribution < 1.29 is 19.1 Å². The van der Waals surface area contributed by atoms with Gasteiger partial charge in [-0.2, -0.15) is 0 Å². The first kappa shape index (κ1) is 17.5. The average Bonchev–Trinajstić information content (AvgIpc) is 2.60. The van der Waals surface area contributed by atoms with Crippen molar-refractivity contribution in [1.82, 2.24) is 4.90 Å². The monoisotopic (exact) mass is 327 g/mol. The van der Waals surface area contributed by atoms with Gasteiger partial charge in [-0.3, -0.25) is 9.59 Å². The molecular formula is C19H21NO4. The molecule has 5 nitrogen and oxygen atoms in total. The predicted octanol–water partition coefficient (Wildman–Crippen LogP) is 2.94. The molecule has 0 heterocycles. The Hall–Kier alpha value is -2.82. The second-order valence-electron chi connectivity index (χ2n) is 5.47. The lowest BCUT2D eigenvalue weighted by atomic mass is 10.1. The summed E-state index contributed by atoms with van der Waals surface area (Å²) < 4.78 is 10.6. The molecule has 0 bridgehead atoms. The third-order valence-corrected chi connectivity index (χ3v) is 3.61. The van der Waals surface area contributed by atoms with Crippen molar-refractivity contribution in [2.45, 2.75) is 13.5 Å². The number of carbonyl (C=O) groups excluding carboxylic acids is 2. The van der Waals surface area contributed by atoms with Gasteiger partial charge in [0.1, 0.15) is 11.5 Å². The molecule has 0 N–H and O–H groups in total. The average molecular weight is 327 g/mol. The lowest BCUT2D eigenvalue weighted by molar-refractivity contribution is -0.132. The molecule has 0 spiro atoms. The number of rotatable bonds is 7. The maximum atomic E-state index is 12.2. The van der Waals surface area contributed by atoms with E-state index in [2.05, 4.69) is 0 Å². The highest BCUT2D eigenvalue weighted by atomic mass is 16.5. The van der Waals surface area contributed by atoms with E-state index < -0.39 is 0 Å². The summed E-state index contributed by atoms with van der Waals surface area (Å²) in [7, 11) is 3.34. The SMILES string of the molecule is COc1ccc(CN(C)C(=O)COc2cccc(C(C)=O)c2)cc1. The lowest BCUT2D eigenvalue weighted by Crippen LogP contribution is -2.30. The summed E-state index contributed by atoms with van der Waals surface area (Å²) in [6.07, 6.45) is 0. The topological polar surface area (TPSA) is 55.8 Å². The number of hydrogen-bond donors (Lipinski definition) is 0. The van der Waals surface area contributed by atoms with Crippen LogP contribution < -0.4 is 9.47 Å². The molecule has 2 aromatic carbocycles. The third kappa shape index (κ3) is 4.84. The highest BCUT2D eigenvalue weighted by Crippen LogP contribution is 2.15. The van der Waals surface area contributed by atoms with Crippen LogP contribution >= 0.6 is 0 Å². The number of ether oxygens (including phenoxy) is 2. The molecule has 0 aliphatic heterocycles. The summed E-state index contributed by atoms with van der Waals surface area (Å²) in [6, 6.07) is 14.4.